The van der Waals surface area contributed by atoms with Crippen molar-refractivity contribution in [2.24, 2.45) is 5.92 Å². The van der Waals surface area contributed by atoms with Crippen LogP contribution in [0.4, 0.5) is 0 Å². The average Bonchev–Trinajstić information content (AvgIpc) is 3.46. The monoisotopic (exact) mass is 491 g/mol. The van der Waals surface area contributed by atoms with E-state index in [4.69, 9.17) is 35.3 Å². The van der Waals surface area contributed by atoms with Gasteiger partial charge in [0, 0.05) is 18.5 Å². The van der Waals surface area contributed by atoms with Crippen LogP contribution >= 0.6 is 11.6 Å². The second-order valence-electron chi connectivity index (χ2n) is 9.23. The standard InChI is InChI=1S/C25H30ClNO7/c1-30-18-9-13(10-19(31-2)23(18)32-3)21-20-22(28)16-11-14(26)6-7-17(16)34-24(20)25(29)27(21)12-15-5-4-8-33-15/h9-10,14-17,21H,4-8,11-12H2,1-3H3. The highest BCUT2D eigenvalue weighted by molar-refractivity contribution is 6.21. The van der Waals surface area contributed by atoms with E-state index in [2.05, 4.69) is 0 Å². The summed E-state index contributed by atoms with van der Waals surface area (Å²) in [5.74, 6) is 0.835. The predicted octanol–water partition coefficient (Wildman–Crippen LogP) is 3.40. The Bertz CT molecular complexity index is 994. The van der Waals surface area contributed by atoms with Gasteiger partial charge in [0.1, 0.15) is 6.10 Å². The molecule has 3 heterocycles. The summed E-state index contributed by atoms with van der Waals surface area (Å²) >= 11 is 6.42. The third kappa shape index (κ3) is 3.81. The molecule has 0 bridgehead atoms. The van der Waals surface area contributed by atoms with E-state index in [0.29, 0.717) is 54.4 Å². The van der Waals surface area contributed by atoms with Crippen LogP contribution in [0.5, 0.6) is 17.2 Å². The number of carbonyl (C=O) groups excluding carboxylic acids is 2. The number of amides is 1. The smallest absolute Gasteiger partial charge is 0.290 e. The van der Waals surface area contributed by atoms with Crippen LogP contribution in [-0.4, -0.2) is 68.7 Å². The van der Waals surface area contributed by atoms with Crippen LogP contribution in [0.2, 0.25) is 0 Å². The van der Waals surface area contributed by atoms with E-state index in [9.17, 15) is 9.59 Å². The van der Waals surface area contributed by atoms with Gasteiger partial charge >= 0.3 is 0 Å². The lowest BCUT2D eigenvalue weighted by molar-refractivity contribution is -0.136. The quantitative estimate of drug-likeness (QED) is 0.564. The number of methoxy groups -OCH3 is 3. The fourth-order valence-corrected chi connectivity index (χ4v) is 5.98. The molecule has 34 heavy (non-hydrogen) atoms. The number of rotatable bonds is 6. The van der Waals surface area contributed by atoms with Crippen LogP contribution in [-0.2, 0) is 19.1 Å². The number of hydrogen-bond acceptors (Lipinski definition) is 7. The predicted molar refractivity (Wildman–Crippen MR) is 123 cm³/mol. The number of Topliss-reactive ketones (excluding diaryl/α,β-unsaturated/α-hetero) is 1. The number of halogens is 1. The molecule has 5 atom stereocenters. The third-order valence-corrected chi connectivity index (χ3v) is 7.70. The maximum atomic E-state index is 13.8. The van der Waals surface area contributed by atoms with Crippen molar-refractivity contribution < 1.29 is 33.3 Å². The van der Waals surface area contributed by atoms with Gasteiger partial charge in [-0.15, -0.1) is 11.6 Å². The Morgan fingerprint density at radius 1 is 1.06 bits per heavy atom. The number of carbonyl (C=O) groups is 2. The van der Waals surface area contributed by atoms with Crippen molar-refractivity contribution in [2.75, 3.05) is 34.5 Å². The molecule has 1 aromatic carbocycles. The lowest BCUT2D eigenvalue weighted by atomic mass is 9.77. The molecule has 1 aromatic rings. The third-order valence-electron chi connectivity index (χ3n) is 7.31. The summed E-state index contributed by atoms with van der Waals surface area (Å²) in [5.41, 5.74) is 1.09. The second kappa shape index (κ2) is 9.30. The second-order valence-corrected chi connectivity index (χ2v) is 9.85. The molecule has 0 spiro atoms. The summed E-state index contributed by atoms with van der Waals surface area (Å²) in [5, 5.41) is -0.0735. The molecule has 0 radical (unpaired) electrons. The van der Waals surface area contributed by atoms with Gasteiger partial charge < -0.3 is 28.6 Å². The first kappa shape index (κ1) is 23.3. The molecule has 5 rings (SSSR count). The van der Waals surface area contributed by atoms with Gasteiger partial charge in [0.2, 0.25) is 5.75 Å². The van der Waals surface area contributed by atoms with E-state index in [1.165, 1.54) is 21.3 Å². The maximum Gasteiger partial charge on any atom is 0.290 e. The van der Waals surface area contributed by atoms with Gasteiger partial charge in [0.15, 0.2) is 23.0 Å². The Hall–Kier alpha value is -2.45. The van der Waals surface area contributed by atoms with Gasteiger partial charge in [0.05, 0.1) is 45.0 Å². The molecule has 184 valence electrons. The summed E-state index contributed by atoms with van der Waals surface area (Å²) in [6.07, 6.45) is 3.39. The Kier molecular flexibility index (Phi) is 6.37. The first-order chi connectivity index (χ1) is 16.5. The largest absolute Gasteiger partial charge is 0.493 e. The van der Waals surface area contributed by atoms with Crippen LogP contribution in [0.25, 0.3) is 0 Å². The van der Waals surface area contributed by atoms with Gasteiger partial charge in [-0.05, 0) is 49.8 Å². The van der Waals surface area contributed by atoms with Crippen LogP contribution < -0.4 is 14.2 Å². The number of nitrogens with zero attached hydrogens (tertiary/aromatic N) is 1. The number of alkyl halides is 1. The van der Waals surface area contributed by atoms with Gasteiger partial charge in [-0.1, -0.05) is 0 Å². The highest BCUT2D eigenvalue weighted by Gasteiger charge is 2.53. The molecule has 1 saturated heterocycles. The van der Waals surface area contributed by atoms with Gasteiger partial charge in [-0.25, -0.2) is 0 Å². The summed E-state index contributed by atoms with van der Waals surface area (Å²) in [6, 6.07) is 2.95. The Morgan fingerprint density at radius 3 is 2.41 bits per heavy atom. The fraction of sp³-hybridized carbons (Fsp3) is 0.600. The molecule has 1 amide bonds. The lowest BCUT2D eigenvalue weighted by Crippen LogP contribution is -2.41. The van der Waals surface area contributed by atoms with Crippen molar-refractivity contribution in [2.45, 2.75) is 55.7 Å². The average molecular weight is 492 g/mol. The van der Waals surface area contributed by atoms with E-state index >= 15 is 0 Å². The SMILES string of the molecule is COc1cc(C2C3=C(OC4CCC(Cl)CC4C3=O)C(=O)N2CC2CCCO2)cc(OC)c1OC. The summed E-state index contributed by atoms with van der Waals surface area (Å²) in [7, 11) is 4.61. The van der Waals surface area contributed by atoms with Crippen molar-refractivity contribution in [1.82, 2.24) is 4.90 Å². The number of benzene rings is 1. The topological polar surface area (TPSA) is 83.5 Å². The van der Waals surface area contributed by atoms with Crippen LogP contribution in [0.1, 0.15) is 43.7 Å². The zero-order chi connectivity index (χ0) is 24.0. The highest BCUT2D eigenvalue weighted by Crippen LogP contribution is 2.50. The van der Waals surface area contributed by atoms with E-state index < -0.39 is 6.04 Å². The number of fused-ring (bicyclic) bond motifs is 1. The summed E-state index contributed by atoms with van der Waals surface area (Å²) < 4.78 is 28.7. The number of ether oxygens (including phenoxy) is 5. The summed E-state index contributed by atoms with van der Waals surface area (Å²) in [4.78, 5) is 29.2. The Morgan fingerprint density at radius 2 is 1.79 bits per heavy atom. The van der Waals surface area contributed by atoms with E-state index in [0.717, 1.165) is 19.3 Å². The minimum atomic E-state index is -0.635. The van der Waals surface area contributed by atoms with Crippen LogP contribution in [0.15, 0.2) is 23.5 Å². The Balaban J connectivity index is 1.61. The van der Waals surface area contributed by atoms with Crippen molar-refractivity contribution in [3.63, 3.8) is 0 Å². The molecule has 2 fully saturated rings. The zero-order valence-electron chi connectivity index (χ0n) is 19.7. The van der Waals surface area contributed by atoms with Crippen LogP contribution in [0, 0.1) is 5.92 Å². The van der Waals surface area contributed by atoms with E-state index in [1.54, 1.807) is 17.0 Å². The lowest BCUT2D eigenvalue weighted by Gasteiger charge is -2.37. The molecule has 0 aromatic heterocycles. The molecule has 9 heteroatoms. The Labute approximate surface area is 204 Å². The summed E-state index contributed by atoms with van der Waals surface area (Å²) in [6.45, 7) is 1.04. The van der Waals surface area contributed by atoms with Gasteiger partial charge in [-0.2, -0.15) is 0 Å². The highest BCUT2D eigenvalue weighted by atomic mass is 35.5. The van der Waals surface area contributed by atoms with Crippen molar-refractivity contribution in [1.29, 1.82) is 0 Å². The zero-order valence-corrected chi connectivity index (χ0v) is 20.4. The van der Waals surface area contributed by atoms with Crippen molar-refractivity contribution in [3.8, 4) is 17.2 Å². The van der Waals surface area contributed by atoms with Crippen molar-refractivity contribution >= 4 is 23.3 Å². The van der Waals surface area contributed by atoms with Crippen LogP contribution in [0.3, 0.4) is 0 Å². The molecule has 1 saturated carbocycles. The molecular weight excluding hydrogens is 462 g/mol. The van der Waals surface area contributed by atoms with E-state index in [-0.39, 0.29) is 41.0 Å². The molecular formula is C25H30ClNO7. The fourth-order valence-electron chi connectivity index (χ4n) is 5.66. The molecule has 1 aliphatic carbocycles. The number of ketones is 1. The number of hydrogen-bond donors (Lipinski definition) is 0. The normalized spacial score (nSPS) is 30.7. The molecule has 5 unspecified atom stereocenters. The molecule has 8 nitrogen and oxygen atoms in total. The molecule has 3 aliphatic heterocycles. The van der Waals surface area contributed by atoms with Gasteiger partial charge in [0.25, 0.3) is 5.91 Å². The minimum absolute atomic E-state index is 0.0569. The first-order valence-corrected chi connectivity index (χ1v) is 12.2. The first-order valence-electron chi connectivity index (χ1n) is 11.8. The van der Waals surface area contributed by atoms with E-state index in [1.807, 2.05) is 0 Å². The molecule has 0 N–H and O–H groups in total. The minimum Gasteiger partial charge on any atom is -0.493 e. The molecule has 4 aliphatic rings. The van der Waals surface area contributed by atoms with Gasteiger partial charge in [-0.3, -0.25) is 9.59 Å². The van der Waals surface area contributed by atoms with Crippen molar-refractivity contribution in [3.05, 3.63) is 29.0 Å². The maximum absolute atomic E-state index is 13.8.